The summed E-state index contributed by atoms with van der Waals surface area (Å²) in [7, 11) is 0. The molecular formula is C12H6ClN5O. The first-order chi connectivity index (χ1) is 9.15. The molecule has 0 atom stereocenters. The maximum atomic E-state index is 12.3. The zero-order chi connectivity index (χ0) is 13.1. The third kappa shape index (κ3) is 1.29. The van der Waals surface area contributed by atoms with Crippen molar-refractivity contribution in [3.63, 3.8) is 0 Å². The number of hydrogen-bond donors (Lipinski definition) is 0. The van der Waals surface area contributed by atoms with Crippen molar-refractivity contribution in [2.75, 3.05) is 0 Å². The SMILES string of the molecule is Cc1nnc2nc3c(nn12)-c1ccc(Cl)cc1C3=O. The molecule has 0 bridgehead atoms. The molecule has 0 unspecified atom stereocenters. The van der Waals surface area contributed by atoms with E-state index in [1.54, 1.807) is 25.1 Å². The van der Waals surface area contributed by atoms with Crippen LogP contribution in [0.15, 0.2) is 18.2 Å². The van der Waals surface area contributed by atoms with E-state index in [0.29, 0.717) is 33.6 Å². The van der Waals surface area contributed by atoms with E-state index in [4.69, 9.17) is 11.6 Å². The minimum atomic E-state index is -0.178. The van der Waals surface area contributed by atoms with Gasteiger partial charge in [0.25, 0.3) is 5.78 Å². The fourth-order valence-corrected chi connectivity index (χ4v) is 2.38. The Labute approximate surface area is 112 Å². The lowest BCUT2D eigenvalue weighted by Gasteiger charge is -1.99. The number of nitrogens with zero attached hydrogens (tertiary/aromatic N) is 5. The minimum absolute atomic E-state index is 0.178. The van der Waals surface area contributed by atoms with E-state index in [0.717, 1.165) is 5.56 Å². The smallest absolute Gasteiger partial charge is 0.272 e. The molecule has 6 nitrogen and oxygen atoms in total. The van der Waals surface area contributed by atoms with Crippen LogP contribution < -0.4 is 0 Å². The molecule has 19 heavy (non-hydrogen) atoms. The van der Waals surface area contributed by atoms with Gasteiger partial charge in [0.05, 0.1) is 0 Å². The van der Waals surface area contributed by atoms with Crippen molar-refractivity contribution in [3.8, 4) is 11.3 Å². The number of benzene rings is 1. The summed E-state index contributed by atoms with van der Waals surface area (Å²) in [4.78, 5) is 16.5. The summed E-state index contributed by atoms with van der Waals surface area (Å²) in [6.07, 6.45) is 0. The van der Waals surface area contributed by atoms with Crippen LogP contribution in [0.25, 0.3) is 17.0 Å². The van der Waals surface area contributed by atoms with Gasteiger partial charge in [-0.25, -0.2) is 4.98 Å². The van der Waals surface area contributed by atoms with Crippen molar-refractivity contribution < 1.29 is 4.79 Å². The highest BCUT2D eigenvalue weighted by Crippen LogP contribution is 2.35. The Kier molecular flexibility index (Phi) is 1.87. The number of aryl methyl sites for hydroxylation is 1. The molecule has 92 valence electrons. The predicted octanol–water partition coefficient (Wildman–Crippen LogP) is 1.69. The van der Waals surface area contributed by atoms with Crippen LogP contribution >= 0.6 is 11.6 Å². The van der Waals surface area contributed by atoms with Crippen LogP contribution in [-0.2, 0) is 0 Å². The van der Waals surface area contributed by atoms with Crippen LogP contribution in [0.1, 0.15) is 21.9 Å². The van der Waals surface area contributed by atoms with E-state index in [9.17, 15) is 4.79 Å². The summed E-state index contributed by atoms with van der Waals surface area (Å²) in [6, 6.07) is 5.14. The van der Waals surface area contributed by atoms with E-state index in [1.807, 2.05) is 0 Å². The Morgan fingerprint density at radius 2 is 2.00 bits per heavy atom. The third-order valence-electron chi connectivity index (χ3n) is 3.11. The largest absolute Gasteiger partial charge is 0.287 e. The van der Waals surface area contributed by atoms with E-state index < -0.39 is 0 Å². The molecule has 1 aliphatic rings. The second kappa shape index (κ2) is 3.36. The number of hydrogen-bond acceptors (Lipinski definition) is 5. The molecule has 0 radical (unpaired) electrons. The number of halogens is 1. The Morgan fingerprint density at radius 3 is 2.84 bits per heavy atom. The van der Waals surface area contributed by atoms with E-state index in [2.05, 4.69) is 20.3 Å². The van der Waals surface area contributed by atoms with Gasteiger partial charge in [0.2, 0.25) is 5.78 Å². The highest BCUT2D eigenvalue weighted by atomic mass is 35.5. The van der Waals surface area contributed by atoms with Gasteiger partial charge in [0.15, 0.2) is 5.82 Å². The number of aromatic nitrogens is 5. The van der Waals surface area contributed by atoms with Crippen LogP contribution in [0.4, 0.5) is 0 Å². The zero-order valence-electron chi connectivity index (χ0n) is 9.75. The highest BCUT2D eigenvalue weighted by molar-refractivity contribution is 6.32. The Bertz CT molecular complexity index is 870. The van der Waals surface area contributed by atoms with Crippen molar-refractivity contribution in [2.24, 2.45) is 0 Å². The van der Waals surface area contributed by atoms with E-state index in [1.165, 1.54) is 4.52 Å². The average Bonchev–Trinajstić information content (AvgIpc) is 2.89. The molecule has 0 N–H and O–H groups in total. The lowest BCUT2D eigenvalue weighted by atomic mass is 10.1. The number of carbonyl (C=O) groups excluding carboxylic acids is 1. The fourth-order valence-electron chi connectivity index (χ4n) is 2.21. The molecule has 0 amide bonds. The van der Waals surface area contributed by atoms with Gasteiger partial charge in [0.1, 0.15) is 11.4 Å². The van der Waals surface area contributed by atoms with Crippen molar-refractivity contribution in [1.82, 2.24) is 24.8 Å². The maximum absolute atomic E-state index is 12.3. The molecule has 2 aromatic heterocycles. The minimum Gasteiger partial charge on any atom is -0.287 e. The van der Waals surface area contributed by atoms with Crippen LogP contribution in [0, 0.1) is 6.92 Å². The summed E-state index contributed by atoms with van der Waals surface area (Å²) in [5.41, 5.74) is 2.12. The molecule has 3 aromatic rings. The molecule has 2 heterocycles. The quantitative estimate of drug-likeness (QED) is 0.487. The molecule has 7 heteroatoms. The summed E-state index contributed by atoms with van der Waals surface area (Å²) in [5.74, 6) is 0.770. The van der Waals surface area contributed by atoms with Crippen molar-refractivity contribution >= 4 is 23.2 Å². The van der Waals surface area contributed by atoms with Crippen molar-refractivity contribution in [1.29, 1.82) is 0 Å². The second-order valence-corrected chi connectivity index (χ2v) is 4.72. The Hall–Kier alpha value is -2.34. The predicted molar refractivity (Wildman–Crippen MR) is 67.2 cm³/mol. The highest BCUT2D eigenvalue weighted by Gasteiger charge is 2.31. The van der Waals surface area contributed by atoms with Crippen LogP contribution in [-0.4, -0.2) is 30.6 Å². The first-order valence-electron chi connectivity index (χ1n) is 5.60. The van der Waals surface area contributed by atoms with Crippen LogP contribution in [0.5, 0.6) is 0 Å². The molecule has 0 saturated carbocycles. The summed E-state index contributed by atoms with van der Waals surface area (Å²) in [5, 5.41) is 12.7. The van der Waals surface area contributed by atoms with Gasteiger partial charge in [-0.1, -0.05) is 17.7 Å². The molecule has 0 saturated heterocycles. The fraction of sp³-hybridized carbons (Fsp3) is 0.0833. The molecule has 0 aliphatic heterocycles. The van der Waals surface area contributed by atoms with Gasteiger partial charge in [-0.3, -0.25) is 4.79 Å². The topological polar surface area (TPSA) is 73.0 Å². The first kappa shape index (κ1) is 10.6. The van der Waals surface area contributed by atoms with E-state index >= 15 is 0 Å². The molecule has 0 fully saturated rings. The normalized spacial score (nSPS) is 12.8. The summed E-state index contributed by atoms with van der Waals surface area (Å²) >= 11 is 5.92. The lowest BCUT2D eigenvalue weighted by molar-refractivity contribution is 0.103. The van der Waals surface area contributed by atoms with Gasteiger partial charge in [-0.15, -0.1) is 10.2 Å². The first-order valence-corrected chi connectivity index (χ1v) is 5.97. The van der Waals surface area contributed by atoms with Gasteiger partial charge in [0, 0.05) is 16.1 Å². The van der Waals surface area contributed by atoms with Gasteiger partial charge in [-0.2, -0.15) is 9.61 Å². The summed E-state index contributed by atoms with van der Waals surface area (Å²) < 4.78 is 1.52. The molecule has 1 aliphatic carbocycles. The van der Waals surface area contributed by atoms with Crippen LogP contribution in [0.3, 0.4) is 0 Å². The number of fused-ring (bicyclic) bond motifs is 4. The van der Waals surface area contributed by atoms with Crippen molar-refractivity contribution in [3.05, 3.63) is 40.3 Å². The lowest BCUT2D eigenvalue weighted by Crippen LogP contribution is -2.04. The molecule has 4 rings (SSSR count). The number of rotatable bonds is 0. The monoisotopic (exact) mass is 271 g/mol. The van der Waals surface area contributed by atoms with Crippen molar-refractivity contribution in [2.45, 2.75) is 6.92 Å². The van der Waals surface area contributed by atoms with Crippen LogP contribution in [0.2, 0.25) is 5.02 Å². The van der Waals surface area contributed by atoms with Gasteiger partial charge >= 0.3 is 0 Å². The third-order valence-corrected chi connectivity index (χ3v) is 3.35. The Balaban J connectivity index is 2.11. The zero-order valence-corrected chi connectivity index (χ0v) is 10.5. The molecule has 0 spiro atoms. The average molecular weight is 272 g/mol. The van der Waals surface area contributed by atoms with Gasteiger partial charge < -0.3 is 0 Å². The Morgan fingerprint density at radius 1 is 1.16 bits per heavy atom. The number of carbonyl (C=O) groups is 1. The summed E-state index contributed by atoms with van der Waals surface area (Å²) in [6.45, 7) is 1.78. The van der Waals surface area contributed by atoms with Gasteiger partial charge in [-0.05, 0) is 19.1 Å². The molecular weight excluding hydrogens is 266 g/mol. The second-order valence-electron chi connectivity index (χ2n) is 4.29. The maximum Gasteiger partial charge on any atom is 0.272 e. The standard InChI is InChI=1S/C12H6ClN5O/c1-5-15-16-12-14-10-9(17-18(5)12)7-3-2-6(13)4-8(7)11(10)19/h2-4H,1H3. The number of ketones is 1. The van der Waals surface area contributed by atoms with E-state index in [-0.39, 0.29) is 5.78 Å². The molecule has 1 aromatic carbocycles.